The van der Waals surface area contributed by atoms with Crippen molar-refractivity contribution in [1.82, 2.24) is 10.2 Å². The van der Waals surface area contributed by atoms with E-state index < -0.39 is 5.97 Å². The normalized spacial score (nSPS) is 37.6. The van der Waals surface area contributed by atoms with Gasteiger partial charge in [-0.05, 0) is 38.0 Å². The Kier molecular flexibility index (Phi) is 3.48. The maximum absolute atomic E-state index is 12.2. The van der Waals surface area contributed by atoms with Crippen LogP contribution in [-0.2, 0) is 9.59 Å². The van der Waals surface area contributed by atoms with Crippen molar-refractivity contribution in [2.45, 2.75) is 50.6 Å². The number of carbonyl (C=O) groups is 2. The summed E-state index contributed by atoms with van der Waals surface area (Å²) in [6.45, 7) is 1.03. The van der Waals surface area contributed by atoms with Crippen LogP contribution in [0.15, 0.2) is 0 Å². The highest BCUT2D eigenvalue weighted by atomic mass is 16.4. The minimum Gasteiger partial charge on any atom is -0.481 e. The fourth-order valence-electron chi connectivity index (χ4n) is 3.91. The van der Waals surface area contributed by atoms with E-state index in [1.54, 1.807) is 4.90 Å². The van der Waals surface area contributed by atoms with Gasteiger partial charge in [-0.1, -0.05) is 0 Å². The topological polar surface area (TPSA) is 69.6 Å². The zero-order valence-electron chi connectivity index (χ0n) is 11.2. The van der Waals surface area contributed by atoms with Gasteiger partial charge in [-0.3, -0.25) is 9.59 Å². The standard InChI is InChI=1S/C14H22N2O3/c17-13(16-4-3-10(8-16)14(18)19)7-9-5-11-1-2-12(6-9)15-11/h9-12,15H,1-8H2,(H,18,19). The van der Waals surface area contributed by atoms with Crippen LogP contribution in [0.2, 0.25) is 0 Å². The van der Waals surface area contributed by atoms with Crippen LogP contribution in [0.25, 0.3) is 0 Å². The second-order valence-corrected chi connectivity index (χ2v) is 6.34. The Morgan fingerprint density at radius 2 is 1.84 bits per heavy atom. The van der Waals surface area contributed by atoms with Gasteiger partial charge in [0.05, 0.1) is 5.92 Å². The van der Waals surface area contributed by atoms with Gasteiger partial charge in [0.1, 0.15) is 0 Å². The molecular weight excluding hydrogens is 244 g/mol. The number of carboxylic acids is 1. The summed E-state index contributed by atoms with van der Waals surface area (Å²) >= 11 is 0. The van der Waals surface area contributed by atoms with E-state index in [2.05, 4.69) is 5.32 Å². The maximum Gasteiger partial charge on any atom is 0.308 e. The van der Waals surface area contributed by atoms with Gasteiger partial charge >= 0.3 is 5.97 Å². The average molecular weight is 266 g/mol. The van der Waals surface area contributed by atoms with E-state index in [1.165, 1.54) is 12.8 Å². The van der Waals surface area contributed by atoms with Crippen molar-refractivity contribution in [1.29, 1.82) is 0 Å². The molecule has 3 heterocycles. The van der Waals surface area contributed by atoms with Crippen molar-refractivity contribution in [2.24, 2.45) is 11.8 Å². The number of aliphatic carboxylic acids is 1. The van der Waals surface area contributed by atoms with Crippen LogP contribution in [0.4, 0.5) is 0 Å². The molecule has 0 spiro atoms. The Bertz CT molecular complexity index is 373. The van der Waals surface area contributed by atoms with Crippen molar-refractivity contribution in [3.05, 3.63) is 0 Å². The molecule has 2 N–H and O–H groups in total. The Morgan fingerprint density at radius 3 is 2.42 bits per heavy atom. The lowest BCUT2D eigenvalue weighted by Gasteiger charge is -2.29. The zero-order chi connectivity index (χ0) is 13.4. The number of likely N-dealkylation sites (tertiary alicyclic amines) is 1. The van der Waals surface area contributed by atoms with Crippen molar-refractivity contribution < 1.29 is 14.7 Å². The predicted molar refractivity (Wildman–Crippen MR) is 69.6 cm³/mol. The quantitative estimate of drug-likeness (QED) is 0.794. The van der Waals surface area contributed by atoms with Gasteiger partial charge in [-0.25, -0.2) is 0 Å². The molecule has 3 unspecified atom stereocenters. The molecule has 0 aliphatic carbocycles. The molecule has 2 bridgehead atoms. The molecule has 5 nitrogen and oxygen atoms in total. The van der Waals surface area contributed by atoms with Gasteiger partial charge in [-0.2, -0.15) is 0 Å². The summed E-state index contributed by atoms with van der Waals surface area (Å²) in [5, 5.41) is 12.5. The summed E-state index contributed by atoms with van der Waals surface area (Å²) in [6.07, 6.45) is 5.94. The molecule has 3 aliphatic rings. The van der Waals surface area contributed by atoms with E-state index in [0.29, 0.717) is 43.9 Å². The monoisotopic (exact) mass is 266 g/mol. The second kappa shape index (κ2) is 5.12. The molecule has 0 radical (unpaired) electrons. The van der Waals surface area contributed by atoms with Crippen LogP contribution in [0, 0.1) is 11.8 Å². The number of fused-ring (bicyclic) bond motifs is 2. The molecule has 0 aromatic rings. The molecule has 3 saturated heterocycles. The summed E-state index contributed by atoms with van der Waals surface area (Å²) in [6, 6.07) is 1.23. The summed E-state index contributed by atoms with van der Waals surface area (Å²) in [5.74, 6) is -0.464. The van der Waals surface area contributed by atoms with E-state index in [-0.39, 0.29) is 11.8 Å². The lowest BCUT2D eigenvalue weighted by molar-refractivity contribution is -0.141. The SMILES string of the molecule is O=C(O)C1CCN(C(=O)CC2CC3CCC(C2)N3)C1. The molecule has 3 fully saturated rings. The fourth-order valence-corrected chi connectivity index (χ4v) is 3.91. The molecular formula is C14H22N2O3. The largest absolute Gasteiger partial charge is 0.481 e. The summed E-state index contributed by atoms with van der Waals surface area (Å²) in [4.78, 5) is 24.9. The fraction of sp³-hybridized carbons (Fsp3) is 0.857. The van der Waals surface area contributed by atoms with E-state index in [1.807, 2.05) is 0 Å². The lowest BCUT2D eigenvalue weighted by Crippen LogP contribution is -2.40. The number of amides is 1. The first kappa shape index (κ1) is 12.9. The van der Waals surface area contributed by atoms with Crippen LogP contribution < -0.4 is 5.32 Å². The summed E-state index contributed by atoms with van der Waals surface area (Å²) < 4.78 is 0. The highest BCUT2D eigenvalue weighted by Crippen LogP contribution is 2.33. The molecule has 5 heteroatoms. The third-order valence-corrected chi connectivity index (χ3v) is 4.92. The number of carbonyl (C=O) groups excluding carboxylic acids is 1. The molecule has 3 aliphatic heterocycles. The molecule has 0 aromatic heterocycles. The first-order valence-electron chi connectivity index (χ1n) is 7.38. The third-order valence-electron chi connectivity index (χ3n) is 4.92. The van der Waals surface area contributed by atoms with E-state index in [4.69, 9.17) is 5.11 Å². The third kappa shape index (κ3) is 2.76. The number of nitrogens with one attached hydrogen (secondary N) is 1. The van der Waals surface area contributed by atoms with Crippen molar-refractivity contribution in [3.63, 3.8) is 0 Å². The summed E-state index contributed by atoms with van der Waals surface area (Å²) in [7, 11) is 0. The zero-order valence-corrected chi connectivity index (χ0v) is 11.2. The molecule has 3 atom stereocenters. The Balaban J connectivity index is 1.50. The number of hydrogen-bond donors (Lipinski definition) is 2. The highest BCUT2D eigenvalue weighted by Gasteiger charge is 2.36. The van der Waals surface area contributed by atoms with E-state index >= 15 is 0 Å². The van der Waals surface area contributed by atoms with Crippen molar-refractivity contribution >= 4 is 11.9 Å². The van der Waals surface area contributed by atoms with Crippen molar-refractivity contribution in [2.75, 3.05) is 13.1 Å². The van der Waals surface area contributed by atoms with E-state index in [0.717, 1.165) is 12.8 Å². The van der Waals surface area contributed by atoms with Crippen LogP contribution in [0.3, 0.4) is 0 Å². The highest BCUT2D eigenvalue weighted by molar-refractivity contribution is 5.79. The first-order chi connectivity index (χ1) is 9.11. The molecule has 0 saturated carbocycles. The number of nitrogens with zero attached hydrogens (tertiary/aromatic N) is 1. The number of carboxylic acid groups (broad SMARTS) is 1. The molecule has 0 aromatic carbocycles. The average Bonchev–Trinajstić information content (AvgIpc) is 2.96. The second-order valence-electron chi connectivity index (χ2n) is 6.34. The summed E-state index contributed by atoms with van der Waals surface area (Å²) in [5.41, 5.74) is 0. The van der Waals surface area contributed by atoms with Gasteiger partial charge in [0.2, 0.25) is 5.91 Å². The van der Waals surface area contributed by atoms with Gasteiger partial charge in [0.25, 0.3) is 0 Å². The van der Waals surface area contributed by atoms with Crippen LogP contribution >= 0.6 is 0 Å². The minimum atomic E-state index is -0.768. The van der Waals surface area contributed by atoms with Crippen LogP contribution in [-0.4, -0.2) is 47.1 Å². The Hall–Kier alpha value is -1.10. The number of piperidine rings is 1. The number of rotatable bonds is 3. The smallest absolute Gasteiger partial charge is 0.308 e. The maximum atomic E-state index is 12.2. The Morgan fingerprint density at radius 1 is 1.16 bits per heavy atom. The van der Waals surface area contributed by atoms with Crippen molar-refractivity contribution in [3.8, 4) is 0 Å². The number of hydrogen-bond acceptors (Lipinski definition) is 3. The van der Waals surface area contributed by atoms with Gasteiger partial charge in [0, 0.05) is 31.6 Å². The van der Waals surface area contributed by atoms with Gasteiger partial charge in [-0.15, -0.1) is 0 Å². The lowest BCUT2D eigenvalue weighted by atomic mass is 9.89. The molecule has 106 valence electrons. The van der Waals surface area contributed by atoms with Crippen LogP contribution in [0.5, 0.6) is 0 Å². The Labute approximate surface area is 113 Å². The first-order valence-corrected chi connectivity index (χ1v) is 7.38. The van der Waals surface area contributed by atoms with E-state index in [9.17, 15) is 9.59 Å². The molecule has 19 heavy (non-hydrogen) atoms. The molecule has 3 rings (SSSR count). The molecule has 1 amide bonds. The van der Waals surface area contributed by atoms with Crippen LogP contribution in [0.1, 0.15) is 38.5 Å². The minimum absolute atomic E-state index is 0.162. The van der Waals surface area contributed by atoms with Gasteiger partial charge in [0.15, 0.2) is 0 Å². The predicted octanol–water partition coefficient (Wildman–Crippen LogP) is 0.840. The van der Waals surface area contributed by atoms with Gasteiger partial charge < -0.3 is 15.3 Å².